The van der Waals surface area contributed by atoms with Crippen LogP contribution in [0.25, 0.3) is 99.7 Å². The highest BCUT2D eigenvalue weighted by molar-refractivity contribution is 6.16. The standard InChI is InChI=1S/C46H29N5O/c1-28-47-45(29-12-3-2-4-13-29)49-46(48-28)51-40-20-9-5-14-33(40)36-18-11-17-32(44(36)51)30-22-24-41-37(26-30)34-15-6-8-19-39(34)50(41)31-23-25-43-38(27-31)35-16-7-10-21-42(35)52-43/h2-27H,1H3. The molecule has 244 valence electrons. The molecule has 11 aromatic rings. The first kappa shape index (κ1) is 28.8. The molecular formula is C46H29N5O. The third-order valence-corrected chi connectivity index (χ3v) is 10.3. The quantitative estimate of drug-likeness (QED) is 0.187. The van der Waals surface area contributed by atoms with Crippen molar-refractivity contribution >= 4 is 65.6 Å². The van der Waals surface area contributed by atoms with E-state index in [9.17, 15) is 0 Å². The van der Waals surface area contributed by atoms with Gasteiger partial charge in [0, 0.05) is 49.1 Å². The number of nitrogens with zero attached hydrogens (tertiary/aromatic N) is 5. The molecule has 0 aliphatic heterocycles. The molecule has 0 saturated carbocycles. The van der Waals surface area contributed by atoms with Crippen molar-refractivity contribution in [2.45, 2.75) is 6.92 Å². The van der Waals surface area contributed by atoms with E-state index >= 15 is 0 Å². The summed E-state index contributed by atoms with van der Waals surface area (Å²) in [6.45, 7) is 1.93. The zero-order chi connectivity index (χ0) is 34.3. The summed E-state index contributed by atoms with van der Waals surface area (Å²) in [5.74, 6) is 1.93. The van der Waals surface area contributed by atoms with Gasteiger partial charge in [-0.2, -0.15) is 9.97 Å². The molecular weight excluding hydrogens is 639 g/mol. The molecule has 4 heterocycles. The van der Waals surface area contributed by atoms with Crippen LogP contribution >= 0.6 is 0 Å². The van der Waals surface area contributed by atoms with Gasteiger partial charge in [-0.1, -0.05) is 109 Å². The van der Waals surface area contributed by atoms with E-state index in [2.05, 4.69) is 124 Å². The Kier molecular flexibility index (Phi) is 6.07. The van der Waals surface area contributed by atoms with Gasteiger partial charge in [-0.15, -0.1) is 0 Å². The van der Waals surface area contributed by atoms with Crippen molar-refractivity contribution in [1.82, 2.24) is 24.1 Å². The predicted molar refractivity (Wildman–Crippen MR) is 211 cm³/mol. The first-order chi connectivity index (χ1) is 25.7. The van der Waals surface area contributed by atoms with Gasteiger partial charge in [-0.05, 0) is 61.0 Å². The molecule has 0 N–H and O–H groups in total. The van der Waals surface area contributed by atoms with Crippen molar-refractivity contribution in [3.05, 3.63) is 164 Å². The SMILES string of the molecule is Cc1nc(-c2ccccc2)nc(-n2c3ccccc3c3cccc(-c4ccc5c(c4)c4ccccc4n5-c4ccc5oc6ccccc6c5c4)c32)n1. The van der Waals surface area contributed by atoms with Gasteiger partial charge >= 0.3 is 0 Å². The van der Waals surface area contributed by atoms with Crippen molar-refractivity contribution in [2.24, 2.45) is 0 Å². The molecule has 0 fully saturated rings. The van der Waals surface area contributed by atoms with E-state index in [4.69, 9.17) is 19.4 Å². The Hall–Kier alpha value is -7.05. The molecule has 0 radical (unpaired) electrons. The average molecular weight is 668 g/mol. The highest BCUT2D eigenvalue weighted by Gasteiger charge is 2.21. The molecule has 0 unspecified atom stereocenters. The maximum absolute atomic E-state index is 6.17. The lowest BCUT2D eigenvalue weighted by Crippen LogP contribution is -2.06. The van der Waals surface area contributed by atoms with Crippen molar-refractivity contribution < 1.29 is 4.42 Å². The predicted octanol–water partition coefficient (Wildman–Crippen LogP) is 11.6. The summed E-state index contributed by atoms with van der Waals surface area (Å²) in [6, 6.07) is 55.4. The summed E-state index contributed by atoms with van der Waals surface area (Å²) >= 11 is 0. The summed E-state index contributed by atoms with van der Waals surface area (Å²) in [5.41, 5.74) is 10.5. The number of hydrogen-bond donors (Lipinski definition) is 0. The van der Waals surface area contributed by atoms with E-state index in [1.165, 1.54) is 10.8 Å². The Balaban J connectivity index is 1.16. The second-order valence-corrected chi connectivity index (χ2v) is 13.3. The Morgan fingerprint density at radius 3 is 1.96 bits per heavy atom. The van der Waals surface area contributed by atoms with Crippen molar-refractivity contribution in [3.63, 3.8) is 0 Å². The largest absolute Gasteiger partial charge is 0.456 e. The van der Waals surface area contributed by atoms with Crippen molar-refractivity contribution in [1.29, 1.82) is 0 Å². The first-order valence-electron chi connectivity index (χ1n) is 17.5. The maximum Gasteiger partial charge on any atom is 0.238 e. The number of benzene rings is 7. The van der Waals surface area contributed by atoms with Gasteiger partial charge in [-0.3, -0.25) is 4.57 Å². The second-order valence-electron chi connectivity index (χ2n) is 13.3. The van der Waals surface area contributed by atoms with E-state index in [0.717, 1.165) is 77.2 Å². The molecule has 0 aliphatic rings. The number of fused-ring (bicyclic) bond motifs is 9. The van der Waals surface area contributed by atoms with Gasteiger partial charge in [-0.25, -0.2) is 4.98 Å². The van der Waals surface area contributed by atoms with Gasteiger partial charge in [0.05, 0.1) is 22.1 Å². The third-order valence-electron chi connectivity index (χ3n) is 10.3. The molecule has 0 aliphatic carbocycles. The minimum Gasteiger partial charge on any atom is -0.456 e. The zero-order valence-electron chi connectivity index (χ0n) is 28.2. The lowest BCUT2D eigenvalue weighted by Gasteiger charge is -2.12. The van der Waals surface area contributed by atoms with Gasteiger partial charge in [0.15, 0.2) is 5.82 Å². The Labute approximate surface area is 297 Å². The van der Waals surface area contributed by atoms with Gasteiger partial charge < -0.3 is 8.98 Å². The minimum absolute atomic E-state index is 0.602. The lowest BCUT2D eigenvalue weighted by molar-refractivity contribution is 0.669. The molecule has 6 nitrogen and oxygen atoms in total. The second kappa shape index (κ2) is 11.0. The Morgan fingerprint density at radius 1 is 0.442 bits per heavy atom. The van der Waals surface area contributed by atoms with Crippen LogP contribution < -0.4 is 0 Å². The fourth-order valence-corrected chi connectivity index (χ4v) is 8.02. The minimum atomic E-state index is 0.602. The van der Waals surface area contributed by atoms with Gasteiger partial charge in [0.25, 0.3) is 0 Å². The highest BCUT2D eigenvalue weighted by Crippen LogP contribution is 2.41. The van der Waals surface area contributed by atoms with Crippen molar-refractivity contribution in [3.8, 4) is 34.2 Å². The molecule has 11 rings (SSSR count). The van der Waals surface area contributed by atoms with E-state index in [1.54, 1.807) is 0 Å². The van der Waals surface area contributed by atoms with Crippen LogP contribution in [0.3, 0.4) is 0 Å². The number of hydrogen-bond acceptors (Lipinski definition) is 4. The zero-order valence-corrected chi connectivity index (χ0v) is 28.2. The number of rotatable bonds is 4. The molecule has 7 aromatic carbocycles. The molecule has 6 heteroatoms. The molecule has 0 saturated heterocycles. The van der Waals surface area contributed by atoms with Crippen LogP contribution in [0.2, 0.25) is 0 Å². The normalized spacial score (nSPS) is 11.9. The monoisotopic (exact) mass is 667 g/mol. The van der Waals surface area contributed by atoms with E-state index in [-0.39, 0.29) is 0 Å². The molecule has 0 amide bonds. The van der Waals surface area contributed by atoms with Crippen molar-refractivity contribution in [2.75, 3.05) is 0 Å². The summed E-state index contributed by atoms with van der Waals surface area (Å²) in [5, 5.41) is 6.92. The number of aryl methyl sites for hydroxylation is 1. The summed E-state index contributed by atoms with van der Waals surface area (Å²) in [6.07, 6.45) is 0. The molecule has 0 bridgehead atoms. The van der Waals surface area contributed by atoms with Crippen LogP contribution in [-0.4, -0.2) is 24.1 Å². The maximum atomic E-state index is 6.17. The highest BCUT2D eigenvalue weighted by atomic mass is 16.3. The van der Waals surface area contributed by atoms with E-state index in [0.29, 0.717) is 17.6 Å². The number of aromatic nitrogens is 5. The molecule has 0 atom stereocenters. The molecule has 52 heavy (non-hydrogen) atoms. The lowest BCUT2D eigenvalue weighted by atomic mass is 10.00. The topological polar surface area (TPSA) is 61.7 Å². The van der Waals surface area contributed by atoms with Crippen LogP contribution in [0.5, 0.6) is 0 Å². The molecule has 0 spiro atoms. The Bertz CT molecular complexity index is 3200. The fraction of sp³-hybridized carbons (Fsp3) is 0.0217. The van der Waals surface area contributed by atoms with Gasteiger partial charge in [0.2, 0.25) is 5.95 Å². The Morgan fingerprint density at radius 2 is 1.12 bits per heavy atom. The van der Waals surface area contributed by atoms with Crippen LogP contribution in [0.4, 0.5) is 0 Å². The van der Waals surface area contributed by atoms with Crippen LogP contribution in [0, 0.1) is 6.92 Å². The van der Waals surface area contributed by atoms with Crippen LogP contribution in [-0.2, 0) is 0 Å². The number of para-hydroxylation sites is 4. The summed E-state index contributed by atoms with van der Waals surface area (Å²) in [7, 11) is 0. The van der Waals surface area contributed by atoms with Gasteiger partial charge in [0.1, 0.15) is 17.0 Å². The third kappa shape index (κ3) is 4.21. The first-order valence-corrected chi connectivity index (χ1v) is 17.5. The number of furan rings is 1. The van der Waals surface area contributed by atoms with Crippen LogP contribution in [0.15, 0.2) is 162 Å². The fourth-order valence-electron chi connectivity index (χ4n) is 8.02. The van der Waals surface area contributed by atoms with E-state index in [1.807, 2.05) is 49.4 Å². The molecule has 4 aromatic heterocycles. The summed E-state index contributed by atoms with van der Waals surface area (Å²) in [4.78, 5) is 14.7. The average Bonchev–Trinajstić information content (AvgIpc) is 3.85. The smallest absolute Gasteiger partial charge is 0.238 e. The van der Waals surface area contributed by atoms with E-state index < -0.39 is 0 Å². The van der Waals surface area contributed by atoms with Crippen LogP contribution in [0.1, 0.15) is 5.82 Å². The summed E-state index contributed by atoms with van der Waals surface area (Å²) < 4.78 is 10.7.